The van der Waals surface area contributed by atoms with Crippen molar-refractivity contribution in [3.05, 3.63) is 65.9 Å². The molecule has 2 aromatic carbocycles. The zero-order valence-electron chi connectivity index (χ0n) is 14.6. The summed E-state index contributed by atoms with van der Waals surface area (Å²) >= 11 is 0. The fourth-order valence-corrected chi connectivity index (χ4v) is 2.39. The molecule has 0 bridgehead atoms. The first-order valence-corrected chi connectivity index (χ1v) is 8.09. The molecule has 0 fully saturated rings. The topological polar surface area (TPSA) is 89.0 Å². The van der Waals surface area contributed by atoms with E-state index in [4.69, 9.17) is 4.74 Å². The van der Waals surface area contributed by atoms with Gasteiger partial charge in [-0.1, -0.05) is 18.2 Å². The van der Waals surface area contributed by atoms with E-state index in [1.54, 1.807) is 37.6 Å². The van der Waals surface area contributed by atoms with Crippen LogP contribution in [-0.2, 0) is 6.54 Å². The lowest BCUT2D eigenvalue weighted by Crippen LogP contribution is -2.06. The molecule has 0 aliphatic rings. The summed E-state index contributed by atoms with van der Waals surface area (Å²) in [6.45, 7) is 2.09. The highest BCUT2D eigenvalue weighted by atomic mass is 16.5. The van der Waals surface area contributed by atoms with E-state index in [1.165, 1.54) is 6.92 Å². The molecule has 0 atom stereocenters. The lowest BCUT2D eigenvalue weighted by Gasteiger charge is -2.10. The molecule has 3 rings (SSSR count). The molecule has 0 spiro atoms. The van der Waals surface area contributed by atoms with Gasteiger partial charge in [0.1, 0.15) is 5.75 Å². The van der Waals surface area contributed by atoms with Crippen LogP contribution in [0.1, 0.15) is 22.8 Å². The second kappa shape index (κ2) is 8.06. The number of nitrogens with one attached hydrogen (secondary N) is 2. The molecule has 2 N–H and O–H groups in total. The molecule has 3 aromatic rings. The molecule has 0 radical (unpaired) electrons. The number of methoxy groups -OCH3 is 1. The van der Waals surface area contributed by atoms with Crippen LogP contribution in [0.2, 0.25) is 0 Å². The Bertz CT molecular complexity index is 896. The summed E-state index contributed by atoms with van der Waals surface area (Å²) in [5, 5.41) is 14.2. The Morgan fingerprint density at radius 1 is 1.12 bits per heavy atom. The summed E-state index contributed by atoms with van der Waals surface area (Å²) in [5.74, 6) is 1.79. The van der Waals surface area contributed by atoms with Gasteiger partial charge in [-0.3, -0.25) is 4.79 Å². The van der Waals surface area contributed by atoms with E-state index >= 15 is 0 Å². The molecule has 0 amide bonds. The number of ether oxygens (including phenoxy) is 1. The Kier molecular flexibility index (Phi) is 5.38. The summed E-state index contributed by atoms with van der Waals surface area (Å²) in [6, 6.07) is 14.9. The number of hydrogen-bond donors (Lipinski definition) is 2. The normalized spacial score (nSPS) is 10.2. The van der Waals surface area contributed by atoms with Crippen LogP contribution >= 0.6 is 0 Å². The molecule has 7 nitrogen and oxygen atoms in total. The maximum absolute atomic E-state index is 11.3. The van der Waals surface area contributed by atoms with Crippen LogP contribution in [0.4, 0.5) is 17.5 Å². The molecule has 0 saturated heterocycles. The van der Waals surface area contributed by atoms with E-state index in [0.717, 1.165) is 17.0 Å². The number of aromatic nitrogens is 3. The van der Waals surface area contributed by atoms with Crippen molar-refractivity contribution in [3.8, 4) is 5.75 Å². The van der Waals surface area contributed by atoms with Crippen LogP contribution in [0.25, 0.3) is 0 Å². The number of nitrogens with zero attached hydrogens (tertiary/aromatic N) is 3. The Morgan fingerprint density at radius 3 is 2.62 bits per heavy atom. The number of carbonyl (C=O) groups excluding carboxylic acids is 1. The van der Waals surface area contributed by atoms with E-state index in [2.05, 4.69) is 25.8 Å². The second-order valence-corrected chi connectivity index (χ2v) is 5.59. The van der Waals surface area contributed by atoms with Gasteiger partial charge >= 0.3 is 0 Å². The SMILES string of the molecule is COc1ccccc1CNc1cnnc(Nc2ccc(C(C)=O)cc2)n1. The molecular formula is C19H19N5O2. The highest BCUT2D eigenvalue weighted by molar-refractivity contribution is 5.94. The minimum atomic E-state index is 0.0250. The average molecular weight is 349 g/mol. The average Bonchev–Trinajstić information content (AvgIpc) is 2.67. The predicted octanol–water partition coefficient (Wildman–Crippen LogP) is 3.44. The van der Waals surface area contributed by atoms with Gasteiger partial charge in [0.2, 0.25) is 5.95 Å². The lowest BCUT2D eigenvalue weighted by atomic mass is 10.1. The van der Waals surface area contributed by atoms with Crippen LogP contribution < -0.4 is 15.4 Å². The summed E-state index contributed by atoms with van der Waals surface area (Å²) in [5.41, 5.74) is 2.45. The lowest BCUT2D eigenvalue weighted by molar-refractivity contribution is 0.101. The van der Waals surface area contributed by atoms with Gasteiger partial charge in [-0.25, -0.2) is 0 Å². The third-order valence-electron chi connectivity index (χ3n) is 3.76. The molecule has 26 heavy (non-hydrogen) atoms. The number of hydrogen-bond acceptors (Lipinski definition) is 7. The van der Waals surface area contributed by atoms with E-state index in [-0.39, 0.29) is 5.78 Å². The zero-order chi connectivity index (χ0) is 18.4. The molecule has 1 heterocycles. The van der Waals surface area contributed by atoms with Gasteiger partial charge in [0.05, 0.1) is 13.3 Å². The molecule has 0 saturated carbocycles. The maximum Gasteiger partial charge on any atom is 0.249 e. The Labute approximate surface area is 151 Å². The van der Waals surface area contributed by atoms with Gasteiger partial charge < -0.3 is 15.4 Å². The zero-order valence-corrected chi connectivity index (χ0v) is 14.6. The summed E-state index contributed by atoms with van der Waals surface area (Å²) in [4.78, 5) is 15.7. The highest BCUT2D eigenvalue weighted by Gasteiger charge is 2.05. The van der Waals surface area contributed by atoms with Gasteiger partial charge in [-0.15, -0.1) is 5.10 Å². The molecular weight excluding hydrogens is 330 g/mol. The predicted molar refractivity (Wildman–Crippen MR) is 99.9 cm³/mol. The van der Waals surface area contributed by atoms with E-state index in [1.807, 2.05) is 24.3 Å². The molecule has 0 aliphatic heterocycles. The summed E-state index contributed by atoms with van der Waals surface area (Å²) in [6.07, 6.45) is 1.56. The Balaban J connectivity index is 1.67. The summed E-state index contributed by atoms with van der Waals surface area (Å²) in [7, 11) is 1.64. The van der Waals surface area contributed by atoms with E-state index in [0.29, 0.717) is 23.9 Å². The van der Waals surface area contributed by atoms with Crippen LogP contribution in [0, 0.1) is 0 Å². The molecule has 0 unspecified atom stereocenters. The number of carbonyl (C=O) groups is 1. The smallest absolute Gasteiger partial charge is 0.249 e. The van der Waals surface area contributed by atoms with E-state index < -0.39 is 0 Å². The molecule has 1 aromatic heterocycles. The van der Waals surface area contributed by atoms with Crippen molar-refractivity contribution < 1.29 is 9.53 Å². The minimum absolute atomic E-state index is 0.0250. The number of rotatable bonds is 7. The van der Waals surface area contributed by atoms with E-state index in [9.17, 15) is 4.79 Å². The van der Waals surface area contributed by atoms with Crippen LogP contribution in [0.5, 0.6) is 5.75 Å². The molecule has 132 valence electrons. The first-order valence-electron chi connectivity index (χ1n) is 8.09. The maximum atomic E-state index is 11.3. The monoisotopic (exact) mass is 349 g/mol. The van der Waals surface area contributed by atoms with Crippen molar-refractivity contribution in [2.24, 2.45) is 0 Å². The number of ketones is 1. The number of para-hydroxylation sites is 1. The third-order valence-corrected chi connectivity index (χ3v) is 3.76. The summed E-state index contributed by atoms with van der Waals surface area (Å²) < 4.78 is 5.34. The molecule has 0 aliphatic carbocycles. The van der Waals surface area contributed by atoms with Gasteiger partial charge in [-0.2, -0.15) is 10.1 Å². The number of anilines is 3. The number of benzene rings is 2. The van der Waals surface area contributed by atoms with Gasteiger partial charge in [0.15, 0.2) is 11.6 Å². The first kappa shape index (κ1) is 17.3. The Hall–Kier alpha value is -3.48. The van der Waals surface area contributed by atoms with Gasteiger partial charge in [0.25, 0.3) is 0 Å². The minimum Gasteiger partial charge on any atom is -0.496 e. The highest BCUT2D eigenvalue weighted by Crippen LogP contribution is 2.19. The van der Waals surface area contributed by atoms with Gasteiger partial charge in [-0.05, 0) is 37.3 Å². The first-order chi connectivity index (χ1) is 12.7. The standard InChI is InChI=1S/C19H19N5O2/c1-13(25)14-7-9-16(10-8-14)22-19-23-18(12-21-24-19)20-11-15-5-3-4-6-17(15)26-2/h3-10,12H,11H2,1-2H3,(H2,20,22,23,24). The largest absolute Gasteiger partial charge is 0.496 e. The van der Waals surface area contributed by atoms with Crippen LogP contribution in [0.3, 0.4) is 0 Å². The van der Waals surface area contributed by atoms with Gasteiger partial charge in [0, 0.05) is 23.4 Å². The molecule has 7 heteroatoms. The van der Waals surface area contributed by atoms with Crippen LogP contribution in [-0.4, -0.2) is 28.1 Å². The third kappa shape index (κ3) is 4.32. The van der Waals surface area contributed by atoms with Crippen molar-refractivity contribution >= 4 is 23.2 Å². The fraction of sp³-hybridized carbons (Fsp3) is 0.158. The number of Topliss-reactive ketones (excluding diaryl/α,β-unsaturated/α-hetero) is 1. The Morgan fingerprint density at radius 2 is 1.88 bits per heavy atom. The van der Waals surface area contributed by atoms with Crippen molar-refractivity contribution in [1.82, 2.24) is 15.2 Å². The van der Waals surface area contributed by atoms with Crippen molar-refractivity contribution in [2.75, 3.05) is 17.7 Å². The van der Waals surface area contributed by atoms with Crippen LogP contribution in [0.15, 0.2) is 54.7 Å². The second-order valence-electron chi connectivity index (χ2n) is 5.59. The van der Waals surface area contributed by atoms with Crippen molar-refractivity contribution in [2.45, 2.75) is 13.5 Å². The van der Waals surface area contributed by atoms with Crippen molar-refractivity contribution in [1.29, 1.82) is 0 Å². The van der Waals surface area contributed by atoms with Crippen molar-refractivity contribution in [3.63, 3.8) is 0 Å². The fourth-order valence-electron chi connectivity index (χ4n) is 2.39. The quantitative estimate of drug-likeness (QED) is 0.632.